The Hall–Kier alpha value is -1.16. The summed E-state index contributed by atoms with van der Waals surface area (Å²) in [6.45, 7) is 1.94. The van der Waals surface area contributed by atoms with Crippen molar-refractivity contribution in [2.24, 2.45) is 5.73 Å². The molecule has 1 aliphatic rings. The van der Waals surface area contributed by atoms with Crippen molar-refractivity contribution in [3.05, 3.63) is 23.4 Å². The van der Waals surface area contributed by atoms with Crippen LogP contribution in [-0.2, 0) is 0 Å². The first kappa shape index (κ1) is 11.3. The fourth-order valence-corrected chi connectivity index (χ4v) is 2.13. The highest BCUT2D eigenvalue weighted by Crippen LogP contribution is 2.25. The number of aromatic nitrogens is 1. The molecule has 3 nitrogen and oxygen atoms in total. The maximum atomic E-state index is 5.87. The minimum atomic E-state index is 0.280. The molecule has 4 heteroatoms. The molecule has 1 saturated carbocycles. The average molecular weight is 236 g/mol. The van der Waals surface area contributed by atoms with Gasteiger partial charge in [0.1, 0.15) is 11.1 Å². The van der Waals surface area contributed by atoms with Gasteiger partial charge in [-0.1, -0.05) is 12.2 Å². The SMILES string of the molecule is Cc1ccc(C(N)=S)c(OC2CCCC2)n1. The summed E-state index contributed by atoms with van der Waals surface area (Å²) >= 11 is 4.99. The third kappa shape index (κ3) is 2.50. The van der Waals surface area contributed by atoms with E-state index in [0.29, 0.717) is 10.9 Å². The number of nitrogens with two attached hydrogens (primary N) is 1. The third-order valence-electron chi connectivity index (χ3n) is 2.85. The second-order valence-corrected chi connectivity index (χ2v) is 4.63. The van der Waals surface area contributed by atoms with Crippen molar-refractivity contribution in [3.63, 3.8) is 0 Å². The maximum absolute atomic E-state index is 5.87. The number of pyridine rings is 1. The van der Waals surface area contributed by atoms with Gasteiger partial charge in [-0.15, -0.1) is 0 Å². The molecule has 1 fully saturated rings. The fraction of sp³-hybridized carbons (Fsp3) is 0.500. The van der Waals surface area contributed by atoms with Gasteiger partial charge < -0.3 is 10.5 Å². The van der Waals surface area contributed by atoms with Crippen molar-refractivity contribution in [1.29, 1.82) is 0 Å². The largest absolute Gasteiger partial charge is 0.474 e. The zero-order chi connectivity index (χ0) is 11.5. The van der Waals surface area contributed by atoms with E-state index in [1.54, 1.807) is 0 Å². The Morgan fingerprint density at radius 1 is 1.44 bits per heavy atom. The number of nitrogens with zero attached hydrogens (tertiary/aromatic N) is 1. The highest BCUT2D eigenvalue weighted by molar-refractivity contribution is 7.80. The van der Waals surface area contributed by atoms with E-state index in [2.05, 4.69) is 4.98 Å². The molecule has 0 bridgehead atoms. The molecule has 0 spiro atoms. The van der Waals surface area contributed by atoms with E-state index in [9.17, 15) is 0 Å². The van der Waals surface area contributed by atoms with E-state index < -0.39 is 0 Å². The normalized spacial score (nSPS) is 16.3. The third-order valence-corrected chi connectivity index (χ3v) is 3.07. The van der Waals surface area contributed by atoms with Gasteiger partial charge in [-0.05, 0) is 44.7 Å². The van der Waals surface area contributed by atoms with E-state index in [4.69, 9.17) is 22.7 Å². The Balaban J connectivity index is 2.22. The molecule has 2 N–H and O–H groups in total. The van der Waals surface area contributed by atoms with Crippen LogP contribution in [0.2, 0.25) is 0 Å². The van der Waals surface area contributed by atoms with Crippen molar-refractivity contribution >= 4 is 17.2 Å². The first-order chi connectivity index (χ1) is 7.66. The Morgan fingerprint density at radius 3 is 2.75 bits per heavy atom. The Labute approximate surface area is 101 Å². The molecule has 0 atom stereocenters. The predicted molar refractivity (Wildman–Crippen MR) is 67.7 cm³/mol. The molecule has 1 aromatic heterocycles. The molecule has 0 unspecified atom stereocenters. The molecule has 0 aliphatic heterocycles. The summed E-state index contributed by atoms with van der Waals surface area (Å²) in [7, 11) is 0. The van der Waals surface area contributed by atoms with Crippen molar-refractivity contribution in [2.75, 3.05) is 0 Å². The van der Waals surface area contributed by atoms with Gasteiger partial charge in [0, 0.05) is 5.69 Å². The molecule has 0 aromatic carbocycles. The number of aryl methyl sites for hydroxylation is 1. The van der Waals surface area contributed by atoms with Gasteiger partial charge in [0.2, 0.25) is 5.88 Å². The van der Waals surface area contributed by atoms with E-state index in [1.165, 1.54) is 12.8 Å². The van der Waals surface area contributed by atoms with E-state index in [0.717, 1.165) is 24.1 Å². The highest BCUT2D eigenvalue weighted by atomic mass is 32.1. The number of thiocarbonyl (C=S) groups is 1. The van der Waals surface area contributed by atoms with Crippen LogP contribution >= 0.6 is 12.2 Å². The molecule has 2 rings (SSSR count). The van der Waals surface area contributed by atoms with Gasteiger partial charge in [0.15, 0.2) is 0 Å². The fourth-order valence-electron chi connectivity index (χ4n) is 1.97. The summed E-state index contributed by atoms with van der Waals surface area (Å²) in [6.07, 6.45) is 4.96. The van der Waals surface area contributed by atoms with Crippen LogP contribution in [0.5, 0.6) is 5.88 Å². The average Bonchev–Trinajstić information content (AvgIpc) is 2.70. The van der Waals surface area contributed by atoms with Crippen LogP contribution in [0, 0.1) is 6.92 Å². The second-order valence-electron chi connectivity index (χ2n) is 4.19. The lowest BCUT2D eigenvalue weighted by molar-refractivity contribution is 0.201. The van der Waals surface area contributed by atoms with E-state index in [1.807, 2.05) is 19.1 Å². The molecule has 0 amide bonds. The minimum Gasteiger partial charge on any atom is -0.474 e. The van der Waals surface area contributed by atoms with Crippen LogP contribution in [-0.4, -0.2) is 16.1 Å². The zero-order valence-electron chi connectivity index (χ0n) is 9.40. The van der Waals surface area contributed by atoms with Gasteiger partial charge in [-0.2, -0.15) is 0 Å². The van der Waals surface area contributed by atoms with E-state index >= 15 is 0 Å². The predicted octanol–water partition coefficient (Wildman–Crippen LogP) is 2.35. The molecular formula is C12H16N2OS. The van der Waals surface area contributed by atoms with Gasteiger partial charge in [0.25, 0.3) is 0 Å². The van der Waals surface area contributed by atoms with Gasteiger partial charge in [0.05, 0.1) is 5.56 Å². The summed E-state index contributed by atoms with van der Waals surface area (Å²) in [5.41, 5.74) is 7.32. The van der Waals surface area contributed by atoms with Crippen LogP contribution < -0.4 is 10.5 Å². The molecule has 1 heterocycles. The van der Waals surface area contributed by atoms with Gasteiger partial charge >= 0.3 is 0 Å². The molecule has 0 radical (unpaired) electrons. The Bertz CT molecular complexity index is 400. The van der Waals surface area contributed by atoms with Crippen molar-refractivity contribution < 1.29 is 4.74 Å². The smallest absolute Gasteiger partial charge is 0.224 e. The lowest BCUT2D eigenvalue weighted by Crippen LogP contribution is -2.18. The van der Waals surface area contributed by atoms with Gasteiger partial charge in [-0.25, -0.2) is 4.98 Å². The standard InChI is InChI=1S/C12H16N2OS/c1-8-6-7-10(11(13)16)12(14-8)15-9-4-2-3-5-9/h6-7,9H,2-5H2,1H3,(H2,13,16). The Kier molecular flexibility index (Phi) is 3.39. The van der Waals surface area contributed by atoms with Crippen LogP contribution in [0.3, 0.4) is 0 Å². The monoisotopic (exact) mass is 236 g/mol. The van der Waals surface area contributed by atoms with Crippen LogP contribution in [0.15, 0.2) is 12.1 Å². The second kappa shape index (κ2) is 4.78. The highest BCUT2D eigenvalue weighted by Gasteiger charge is 2.19. The number of hydrogen-bond donors (Lipinski definition) is 1. The van der Waals surface area contributed by atoms with Crippen molar-refractivity contribution in [2.45, 2.75) is 38.7 Å². The van der Waals surface area contributed by atoms with Crippen LogP contribution in [0.25, 0.3) is 0 Å². The maximum Gasteiger partial charge on any atom is 0.224 e. The molecule has 16 heavy (non-hydrogen) atoms. The minimum absolute atomic E-state index is 0.280. The molecule has 1 aliphatic carbocycles. The van der Waals surface area contributed by atoms with Crippen LogP contribution in [0.4, 0.5) is 0 Å². The number of hydrogen-bond acceptors (Lipinski definition) is 3. The summed E-state index contributed by atoms with van der Waals surface area (Å²) in [5, 5.41) is 0. The first-order valence-corrected chi connectivity index (χ1v) is 6.02. The van der Waals surface area contributed by atoms with Crippen LogP contribution in [0.1, 0.15) is 36.9 Å². The summed E-state index contributed by atoms with van der Waals surface area (Å²) in [4.78, 5) is 4.72. The number of ether oxygens (including phenoxy) is 1. The van der Waals surface area contributed by atoms with Crippen molar-refractivity contribution in [1.82, 2.24) is 4.98 Å². The van der Waals surface area contributed by atoms with Crippen molar-refractivity contribution in [3.8, 4) is 5.88 Å². The lowest BCUT2D eigenvalue weighted by atomic mass is 10.2. The molecule has 1 aromatic rings. The summed E-state index contributed by atoms with van der Waals surface area (Å²) in [6, 6.07) is 3.78. The lowest BCUT2D eigenvalue weighted by Gasteiger charge is -2.15. The summed E-state index contributed by atoms with van der Waals surface area (Å²) in [5.74, 6) is 0.597. The van der Waals surface area contributed by atoms with E-state index in [-0.39, 0.29) is 6.10 Å². The molecule has 86 valence electrons. The molecular weight excluding hydrogens is 220 g/mol. The van der Waals surface area contributed by atoms with Gasteiger partial charge in [-0.3, -0.25) is 0 Å². The summed E-state index contributed by atoms with van der Waals surface area (Å²) < 4.78 is 5.87. The zero-order valence-corrected chi connectivity index (χ0v) is 10.2. The first-order valence-electron chi connectivity index (χ1n) is 5.61. The number of rotatable bonds is 3. The molecule has 0 saturated heterocycles. The Morgan fingerprint density at radius 2 is 2.12 bits per heavy atom. The topological polar surface area (TPSA) is 48.1 Å². The quantitative estimate of drug-likeness (QED) is 0.818.